The summed E-state index contributed by atoms with van der Waals surface area (Å²) in [5.41, 5.74) is -2.08. The van der Waals surface area contributed by atoms with E-state index in [9.17, 15) is 30.0 Å². The summed E-state index contributed by atoms with van der Waals surface area (Å²) in [6.07, 6.45) is 2.54. The van der Waals surface area contributed by atoms with Gasteiger partial charge in [0, 0.05) is 12.3 Å². The maximum atomic E-state index is 13.6. The minimum Gasteiger partial charge on any atom is -0.457 e. The summed E-state index contributed by atoms with van der Waals surface area (Å²) in [5.74, 6) is 0.513. The third-order valence-electron chi connectivity index (χ3n) is 15.4. The van der Waals surface area contributed by atoms with Gasteiger partial charge in [0.15, 0.2) is 12.4 Å². The predicted octanol–water partition coefficient (Wildman–Crippen LogP) is 4.17. The molecule has 0 aromatic rings. The fourth-order valence-electron chi connectivity index (χ4n) is 13.1. The monoisotopic (exact) mass is 678 g/mol. The van der Waals surface area contributed by atoms with E-state index in [-0.39, 0.29) is 58.2 Å². The molecule has 6 fully saturated rings. The Labute approximate surface area is 286 Å². The van der Waals surface area contributed by atoms with Crippen LogP contribution < -0.4 is 0 Å². The highest BCUT2D eigenvalue weighted by Crippen LogP contribution is 2.87. The third-order valence-corrected chi connectivity index (χ3v) is 15.4. The molecule has 2 heterocycles. The maximum absolute atomic E-state index is 13.6. The predicted molar refractivity (Wildman–Crippen MR) is 176 cm³/mol. The second-order valence-electron chi connectivity index (χ2n) is 18.5. The van der Waals surface area contributed by atoms with Crippen LogP contribution in [0.3, 0.4) is 0 Å². The number of hydrogen-bond donors (Lipinski definition) is 4. The first-order chi connectivity index (χ1) is 22.2. The molecule has 6 rings (SSSR count). The van der Waals surface area contributed by atoms with Gasteiger partial charge in [-0.05, 0) is 117 Å². The van der Waals surface area contributed by atoms with Crippen molar-refractivity contribution in [3.63, 3.8) is 0 Å². The number of ether oxygens (including phenoxy) is 4. The van der Waals surface area contributed by atoms with Crippen LogP contribution in [0.5, 0.6) is 0 Å². The largest absolute Gasteiger partial charge is 0.457 e. The van der Waals surface area contributed by atoms with Gasteiger partial charge in [-0.2, -0.15) is 0 Å². The van der Waals surface area contributed by atoms with Crippen molar-refractivity contribution < 1.29 is 49.0 Å². The van der Waals surface area contributed by atoms with E-state index in [1.165, 1.54) is 13.2 Å². The lowest BCUT2D eigenvalue weighted by atomic mass is 9.39. The number of aliphatic hydroxyl groups is 4. The summed E-state index contributed by atoms with van der Waals surface area (Å²) < 4.78 is 24.4. The molecule has 2 spiro atoms. The first-order valence-electron chi connectivity index (χ1n) is 18.5. The molecule has 0 bridgehead atoms. The van der Waals surface area contributed by atoms with E-state index in [2.05, 4.69) is 41.5 Å². The van der Waals surface area contributed by atoms with E-state index in [1.807, 2.05) is 0 Å². The zero-order valence-corrected chi connectivity index (χ0v) is 30.6. The lowest BCUT2D eigenvalue weighted by Crippen LogP contribution is -2.64. The zero-order valence-electron chi connectivity index (χ0n) is 30.6. The first-order valence-corrected chi connectivity index (χ1v) is 18.5. The van der Waals surface area contributed by atoms with Gasteiger partial charge in [-0.3, -0.25) is 4.79 Å². The van der Waals surface area contributed by atoms with Crippen molar-refractivity contribution in [1.29, 1.82) is 0 Å². The van der Waals surface area contributed by atoms with E-state index in [4.69, 9.17) is 18.9 Å². The molecule has 0 radical (unpaired) electrons. The molecule has 2 saturated heterocycles. The molecule has 4 saturated carbocycles. The Hall–Kier alpha value is -1.14. The number of aliphatic hydroxyl groups excluding tert-OH is 3. The van der Waals surface area contributed by atoms with Crippen LogP contribution in [0.4, 0.5) is 0 Å². The van der Waals surface area contributed by atoms with Crippen molar-refractivity contribution in [2.24, 2.45) is 50.7 Å². The highest BCUT2D eigenvalue weighted by molar-refractivity contribution is 5.66. The fourth-order valence-corrected chi connectivity index (χ4v) is 13.1. The van der Waals surface area contributed by atoms with Gasteiger partial charge < -0.3 is 44.2 Å². The molecular formula is C38H62O10. The van der Waals surface area contributed by atoms with Crippen LogP contribution in [0.25, 0.3) is 0 Å². The van der Waals surface area contributed by atoms with Crippen molar-refractivity contribution >= 4 is 12.3 Å². The SMILES string of the molecule is CC(=O)O[C@@H](C1C[C@@H](C)[C@H]([C@@]2(C)CCC34CC35CC[C@H](O[C@@H]3OCC(O)[C@H](O)[C@H]3O)C(C)(C)[C@@H]5CCC4[C@]2(C)C=O)C(C)O1)C(C)(C)O. The van der Waals surface area contributed by atoms with Gasteiger partial charge >= 0.3 is 5.97 Å². The van der Waals surface area contributed by atoms with E-state index >= 15 is 0 Å². The fraction of sp³-hybridized carbons (Fsp3) is 0.947. The minimum absolute atomic E-state index is 0.0760. The molecule has 48 heavy (non-hydrogen) atoms. The van der Waals surface area contributed by atoms with Crippen LogP contribution >= 0.6 is 0 Å². The van der Waals surface area contributed by atoms with Crippen LogP contribution in [-0.4, -0.2) is 93.9 Å². The molecule has 2 aliphatic heterocycles. The summed E-state index contributed by atoms with van der Waals surface area (Å²) in [6, 6.07) is 0. The molecule has 274 valence electrons. The van der Waals surface area contributed by atoms with Crippen molar-refractivity contribution in [2.75, 3.05) is 6.61 Å². The second-order valence-corrected chi connectivity index (χ2v) is 18.5. The first kappa shape index (κ1) is 36.6. The second kappa shape index (κ2) is 12.0. The van der Waals surface area contributed by atoms with Crippen LogP contribution in [0.15, 0.2) is 0 Å². The Morgan fingerprint density at radius 2 is 1.60 bits per heavy atom. The molecule has 0 aromatic carbocycles. The summed E-state index contributed by atoms with van der Waals surface area (Å²) in [6.45, 7) is 18.0. The minimum atomic E-state index is -1.31. The third kappa shape index (κ3) is 5.20. The van der Waals surface area contributed by atoms with E-state index in [1.54, 1.807) is 13.8 Å². The van der Waals surface area contributed by atoms with E-state index in [0.29, 0.717) is 12.3 Å². The number of carbonyl (C=O) groups excluding carboxylic acids is 2. The smallest absolute Gasteiger partial charge is 0.303 e. The van der Waals surface area contributed by atoms with Crippen molar-refractivity contribution in [1.82, 2.24) is 0 Å². The van der Waals surface area contributed by atoms with Gasteiger partial charge in [0.1, 0.15) is 24.6 Å². The van der Waals surface area contributed by atoms with Gasteiger partial charge in [-0.25, -0.2) is 0 Å². The number of carbonyl (C=O) groups is 2. The average Bonchev–Trinajstić information content (AvgIpc) is 3.66. The molecule has 4 aliphatic carbocycles. The lowest BCUT2D eigenvalue weighted by Gasteiger charge is -2.65. The quantitative estimate of drug-likeness (QED) is 0.175. The van der Waals surface area contributed by atoms with Gasteiger partial charge in [0.05, 0.1) is 30.5 Å². The average molecular weight is 679 g/mol. The van der Waals surface area contributed by atoms with E-state index in [0.717, 1.165) is 44.9 Å². The van der Waals surface area contributed by atoms with Crippen LogP contribution in [0, 0.1) is 50.7 Å². The number of rotatable bonds is 7. The molecule has 10 heteroatoms. The molecule has 6 unspecified atom stereocenters. The summed E-state index contributed by atoms with van der Waals surface area (Å²) in [5, 5.41) is 41.7. The standard InChI is InChI=1S/C38H62O10/c1-20-16-24(31(34(6,7)44)47-22(3)40)46-21(2)28(20)35(8)14-15-38-18-37(38)13-12-27(48-32-30(43)29(42)23(41)17-45-32)33(4,5)25(37)10-11-26(38)36(35,9)19-39/h19-21,23-32,41-44H,10-18H2,1-9H3/t20-,21?,23?,24?,25+,26?,27+,28+,29+,30-,31+,32+,35-,36+,37?,38?/m1/s1. The van der Waals surface area contributed by atoms with Crippen molar-refractivity contribution in [2.45, 2.75) is 168 Å². The highest BCUT2D eigenvalue weighted by Gasteiger charge is 2.82. The van der Waals surface area contributed by atoms with Gasteiger partial charge in [0.25, 0.3) is 0 Å². The summed E-state index contributed by atoms with van der Waals surface area (Å²) >= 11 is 0. The van der Waals surface area contributed by atoms with Gasteiger partial charge in [0.2, 0.25) is 0 Å². The Morgan fingerprint density at radius 1 is 0.958 bits per heavy atom. The molecular weight excluding hydrogens is 616 g/mol. The number of aldehydes is 1. The Morgan fingerprint density at radius 3 is 2.21 bits per heavy atom. The van der Waals surface area contributed by atoms with Crippen LogP contribution in [-0.2, 0) is 28.5 Å². The van der Waals surface area contributed by atoms with Crippen LogP contribution in [0.1, 0.15) is 114 Å². The normalized spacial score (nSPS) is 52.2. The van der Waals surface area contributed by atoms with Crippen molar-refractivity contribution in [3.05, 3.63) is 0 Å². The lowest BCUT2D eigenvalue weighted by molar-refractivity contribution is -0.303. The zero-order chi connectivity index (χ0) is 35.4. The molecule has 10 nitrogen and oxygen atoms in total. The Kier molecular flexibility index (Phi) is 9.13. The molecule has 4 N–H and O–H groups in total. The van der Waals surface area contributed by atoms with Crippen molar-refractivity contribution in [3.8, 4) is 0 Å². The topological polar surface area (TPSA) is 152 Å². The molecule has 0 aromatic heterocycles. The Balaban J connectivity index is 1.22. The highest BCUT2D eigenvalue weighted by atomic mass is 16.7. The number of hydrogen-bond acceptors (Lipinski definition) is 10. The van der Waals surface area contributed by atoms with Gasteiger partial charge in [-0.15, -0.1) is 0 Å². The summed E-state index contributed by atoms with van der Waals surface area (Å²) in [4.78, 5) is 25.6. The Bertz CT molecular complexity index is 1240. The van der Waals surface area contributed by atoms with Crippen LogP contribution in [0.2, 0.25) is 0 Å². The molecule has 6 aliphatic rings. The summed E-state index contributed by atoms with van der Waals surface area (Å²) in [7, 11) is 0. The molecule has 16 atom stereocenters. The maximum Gasteiger partial charge on any atom is 0.303 e. The number of esters is 1. The molecule has 0 amide bonds. The van der Waals surface area contributed by atoms with Gasteiger partial charge in [-0.1, -0.05) is 34.6 Å². The van der Waals surface area contributed by atoms with E-state index < -0.39 is 53.8 Å².